The number of nitrogens with zero attached hydrogens (tertiary/aromatic N) is 5. The molecule has 2 fully saturated rings. The summed E-state index contributed by atoms with van der Waals surface area (Å²) >= 11 is 0. The molecular formula is C22H27F6N5O5. The molecule has 0 bridgehead atoms. The quantitative estimate of drug-likeness (QED) is 0.551. The van der Waals surface area contributed by atoms with Gasteiger partial charge in [0.15, 0.2) is 0 Å². The van der Waals surface area contributed by atoms with Crippen molar-refractivity contribution in [3.8, 4) is 0 Å². The summed E-state index contributed by atoms with van der Waals surface area (Å²) in [6.45, 7) is 4.81. The molecule has 2 aromatic heterocycles. The Morgan fingerprint density at radius 3 is 2.13 bits per heavy atom. The maximum Gasteiger partial charge on any atom is 0.490 e. The van der Waals surface area contributed by atoms with Crippen molar-refractivity contribution in [2.45, 2.75) is 43.9 Å². The number of carbonyl (C=O) groups is 2. The molecule has 38 heavy (non-hydrogen) atoms. The van der Waals surface area contributed by atoms with Gasteiger partial charge in [0, 0.05) is 45.3 Å². The Hall–Kier alpha value is -3.40. The summed E-state index contributed by atoms with van der Waals surface area (Å²) in [6.07, 6.45) is 0.0310. The highest BCUT2D eigenvalue weighted by molar-refractivity contribution is 5.73. The van der Waals surface area contributed by atoms with Crippen molar-refractivity contribution in [2.24, 2.45) is 7.05 Å². The van der Waals surface area contributed by atoms with Gasteiger partial charge in [-0.1, -0.05) is 0 Å². The zero-order valence-electron chi connectivity index (χ0n) is 20.2. The zero-order chi connectivity index (χ0) is 28.5. The molecular weight excluding hydrogens is 528 g/mol. The molecule has 0 spiro atoms. The number of alkyl halides is 6. The molecule has 0 aromatic carbocycles. The molecule has 2 aliphatic rings. The average molecular weight is 555 g/mol. The van der Waals surface area contributed by atoms with E-state index in [1.807, 2.05) is 30.9 Å². The monoisotopic (exact) mass is 555 g/mol. The molecule has 4 heterocycles. The third-order valence-corrected chi connectivity index (χ3v) is 5.71. The zero-order valence-corrected chi connectivity index (χ0v) is 20.2. The molecule has 0 aliphatic carbocycles. The maximum atomic E-state index is 10.6. The van der Waals surface area contributed by atoms with E-state index in [9.17, 15) is 26.3 Å². The lowest BCUT2D eigenvalue weighted by Crippen LogP contribution is -2.51. The fourth-order valence-corrected chi connectivity index (χ4v) is 3.89. The highest BCUT2D eigenvalue weighted by Gasteiger charge is 2.39. The standard InChI is InChI=1S/C18H25N5O.2C2HF3O2/c1-21-10-7-20-18(21)14-22-8-4-16-17(5-9-22)24-12-11-23(16)15-3-2-6-19-13-15;2*3-2(4,5)1(6)7/h2-3,6-7,10,13,16-17H,4-5,8-9,11-12,14H2,1H3;2*(H,6,7). The first-order chi connectivity index (χ1) is 17.7. The Morgan fingerprint density at radius 1 is 1.03 bits per heavy atom. The van der Waals surface area contributed by atoms with E-state index in [2.05, 4.69) is 37.4 Å². The van der Waals surface area contributed by atoms with Gasteiger partial charge >= 0.3 is 24.3 Å². The summed E-state index contributed by atoms with van der Waals surface area (Å²) in [5.74, 6) is -4.38. The molecule has 10 nitrogen and oxygen atoms in total. The first-order valence-electron chi connectivity index (χ1n) is 11.3. The van der Waals surface area contributed by atoms with Gasteiger partial charge in [-0.25, -0.2) is 14.6 Å². The molecule has 2 N–H and O–H groups in total. The number of ether oxygens (including phenoxy) is 1. The highest BCUT2D eigenvalue weighted by atomic mass is 19.4. The van der Waals surface area contributed by atoms with Crippen LogP contribution < -0.4 is 4.90 Å². The van der Waals surface area contributed by atoms with E-state index in [0.717, 1.165) is 51.5 Å². The Kier molecular flexibility index (Phi) is 10.9. The number of rotatable bonds is 3. The van der Waals surface area contributed by atoms with E-state index in [4.69, 9.17) is 24.5 Å². The Morgan fingerprint density at radius 2 is 1.63 bits per heavy atom. The van der Waals surface area contributed by atoms with Gasteiger partial charge in [-0.15, -0.1) is 0 Å². The number of imidazole rings is 1. The van der Waals surface area contributed by atoms with Crippen LogP contribution in [0.1, 0.15) is 18.7 Å². The molecule has 4 rings (SSSR count). The van der Waals surface area contributed by atoms with Crippen LogP contribution in [-0.4, -0.2) is 92.3 Å². The van der Waals surface area contributed by atoms with Crippen molar-refractivity contribution in [1.29, 1.82) is 0 Å². The van der Waals surface area contributed by atoms with Gasteiger partial charge in [-0.3, -0.25) is 9.88 Å². The molecule has 212 valence electrons. The summed E-state index contributed by atoms with van der Waals surface area (Å²) in [6, 6.07) is 4.62. The summed E-state index contributed by atoms with van der Waals surface area (Å²) in [4.78, 5) is 31.5. The number of likely N-dealkylation sites (tertiary alicyclic amines) is 1. The molecule has 2 saturated heterocycles. The Bertz CT molecular complexity index is 1010. The lowest BCUT2D eigenvalue weighted by molar-refractivity contribution is -0.193. The highest BCUT2D eigenvalue weighted by Crippen LogP contribution is 2.28. The number of anilines is 1. The molecule has 0 radical (unpaired) electrons. The first kappa shape index (κ1) is 30.8. The van der Waals surface area contributed by atoms with Crippen molar-refractivity contribution < 1.29 is 50.9 Å². The van der Waals surface area contributed by atoms with E-state index < -0.39 is 24.3 Å². The van der Waals surface area contributed by atoms with E-state index >= 15 is 0 Å². The van der Waals surface area contributed by atoms with Gasteiger partial charge < -0.3 is 24.4 Å². The molecule has 2 aromatic rings. The van der Waals surface area contributed by atoms with Crippen molar-refractivity contribution in [2.75, 3.05) is 31.1 Å². The van der Waals surface area contributed by atoms with E-state index in [1.54, 1.807) is 0 Å². The summed E-state index contributed by atoms with van der Waals surface area (Å²) < 4.78 is 71.7. The van der Waals surface area contributed by atoms with Crippen molar-refractivity contribution in [3.63, 3.8) is 0 Å². The first-order valence-corrected chi connectivity index (χ1v) is 11.3. The second-order valence-electron chi connectivity index (χ2n) is 8.29. The molecule has 16 heteroatoms. The van der Waals surface area contributed by atoms with Crippen molar-refractivity contribution >= 4 is 17.6 Å². The van der Waals surface area contributed by atoms with Crippen molar-refractivity contribution in [3.05, 3.63) is 42.7 Å². The maximum absolute atomic E-state index is 10.6. The number of hydrogen-bond acceptors (Lipinski definition) is 7. The fraction of sp³-hybridized carbons (Fsp3) is 0.545. The minimum Gasteiger partial charge on any atom is -0.475 e. The van der Waals surface area contributed by atoms with Crippen LogP contribution in [0.15, 0.2) is 36.9 Å². The predicted octanol–water partition coefficient (Wildman–Crippen LogP) is 2.95. The van der Waals surface area contributed by atoms with Crippen LogP contribution in [0.4, 0.5) is 32.0 Å². The Labute approximate surface area is 213 Å². The second-order valence-corrected chi connectivity index (χ2v) is 8.29. The van der Waals surface area contributed by atoms with E-state index in [-0.39, 0.29) is 0 Å². The summed E-state index contributed by atoms with van der Waals surface area (Å²) in [5.41, 5.74) is 1.22. The topological polar surface area (TPSA) is 121 Å². The van der Waals surface area contributed by atoms with Crippen LogP contribution >= 0.6 is 0 Å². The smallest absolute Gasteiger partial charge is 0.475 e. The lowest BCUT2D eigenvalue weighted by atomic mass is 10.0. The largest absolute Gasteiger partial charge is 0.490 e. The number of pyridine rings is 1. The number of fused-ring (bicyclic) bond motifs is 1. The SMILES string of the molecule is Cn1ccnc1CN1CCC2OCCN(c3cccnc3)C2CC1.O=C(O)C(F)(F)F.O=C(O)C(F)(F)F. The molecule has 2 atom stereocenters. The third-order valence-electron chi connectivity index (χ3n) is 5.71. The van der Waals surface area contributed by atoms with Crippen LogP contribution in [0.3, 0.4) is 0 Å². The number of aromatic nitrogens is 3. The predicted molar refractivity (Wildman–Crippen MR) is 120 cm³/mol. The number of hydrogen-bond donors (Lipinski definition) is 2. The van der Waals surface area contributed by atoms with Crippen LogP contribution in [0, 0.1) is 0 Å². The van der Waals surface area contributed by atoms with Crippen molar-refractivity contribution in [1.82, 2.24) is 19.4 Å². The average Bonchev–Trinajstić information content (AvgIpc) is 3.13. The molecule has 0 amide bonds. The van der Waals surface area contributed by atoms with Gasteiger partial charge in [0.1, 0.15) is 5.82 Å². The van der Waals surface area contributed by atoms with E-state index in [1.165, 1.54) is 5.69 Å². The number of aryl methyl sites for hydroxylation is 1. The lowest BCUT2D eigenvalue weighted by Gasteiger charge is -2.41. The van der Waals surface area contributed by atoms with Crippen LogP contribution in [-0.2, 0) is 27.9 Å². The molecule has 0 saturated carbocycles. The van der Waals surface area contributed by atoms with Crippen LogP contribution in [0.25, 0.3) is 0 Å². The minimum absolute atomic E-state index is 0.310. The number of aliphatic carboxylic acids is 2. The fourth-order valence-electron chi connectivity index (χ4n) is 3.89. The number of carboxylic acid groups (broad SMARTS) is 2. The van der Waals surface area contributed by atoms with Gasteiger partial charge in [0.2, 0.25) is 0 Å². The Balaban J connectivity index is 0.000000301. The van der Waals surface area contributed by atoms with Crippen LogP contribution in [0.5, 0.6) is 0 Å². The third kappa shape index (κ3) is 9.48. The van der Waals surface area contributed by atoms with E-state index in [0.29, 0.717) is 12.1 Å². The number of morpholine rings is 1. The normalized spacial score (nSPS) is 20.1. The summed E-state index contributed by atoms with van der Waals surface area (Å²) in [7, 11) is 2.06. The van der Waals surface area contributed by atoms with Gasteiger partial charge in [-0.2, -0.15) is 26.3 Å². The van der Waals surface area contributed by atoms with Gasteiger partial charge in [0.05, 0.1) is 37.2 Å². The number of halogens is 6. The molecule has 2 aliphatic heterocycles. The number of carboxylic acids is 2. The minimum atomic E-state index is -5.08. The van der Waals surface area contributed by atoms with Crippen LogP contribution in [0.2, 0.25) is 0 Å². The van der Waals surface area contributed by atoms with Gasteiger partial charge in [0.25, 0.3) is 0 Å². The second kappa shape index (κ2) is 13.4. The molecule has 2 unspecified atom stereocenters. The van der Waals surface area contributed by atoms with Gasteiger partial charge in [-0.05, 0) is 25.0 Å². The summed E-state index contributed by atoms with van der Waals surface area (Å²) in [5, 5.41) is 14.2.